The first-order valence-corrected chi connectivity index (χ1v) is 12.7. The number of halogens is 1. The van der Waals surface area contributed by atoms with Crippen LogP contribution in [0.2, 0.25) is 5.02 Å². The van der Waals surface area contributed by atoms with Gasteiger partial charge in [0.2, 0.25) is 11.8 Å². The SMILES string of the molecule is N/N=C\N(N)c1ccc(Cl)cc1/C=C/C(=O)NC(Cc1ccccc1)C(=O)Nc1ccc(-c2ccncc2)cc1. The van der Waals surface area contributed by atoms with Crippen LogP contribution >= 0.6 is 11.6 Å². The van der Waals surface area contributed by atoms with Gasteiger partial charge >= 0.3 is 0 Å². The topological polar surface area (TPSA) is 139 Å². The van der Waals surface area contributed by atoms with Gasteiger partial charge in [-0.15, -0.1) is 0 Å². The van der Waals surface area contributed by atoms with Crippen LogP contribution in [0.5, 0.6) is 0 Å². The number of pyridine rings is 1. The Bertz CT molecular complexity index is 1490. The highest BCUT2D eigenvalue weighted by molar-refractivity contribution is 6.30. The maximum atomic E-state index is 13.3. The molecule has 3 aromatic carbocycles. The van der Waals surface area contributed by atoms with Gasteiger partial charge in [0.05, 0.1) is 5.69 Å². The Kier molecular flexibility index (Phi) is 9.60. The van der Waals surface area contributed by atoms with Crippen molar-refractivity contribution in [3.8, 4) is 11.1 Å². The summed E-state index contributed by atoms with van der Waals surface area (Å²) < 4.78 is 0. The van der Waals surface area contributed by atoms with Crippen LogP contribution in [0.15, 0.2) is 109 Å². The summed E-state index contributed by atoms with van der Waals surface area (Å²) in [6.45, 7) is 0. The van der Waals surface area contributed by atoms with E-state index < -0.39 is 11.9 Å². The zero-order valence-corrected chi connectivity index (χ0v) is 22.2. The zero-order chi connectivity index (χ0) is 28.3. The van der Waals surface area contributed by atoms with E-state index in [2.05, 4.69) is 20.7 Å². The number of nitrogens with zero attached hydrogens (tertiary/aromatic N) is 3. The molecule has 0 fully saturated rings. The van der Waals surface area contributed by atoms with Crippen molar-refractivity contribution in [1.82, 2.24) is 10.3 Å². The molecule has 40 heavy (non-hydrogen) atoms. The summed E-state index contributed by atoms with van der Waals surface area (Å²) >= 11 is 6.14. The molecule has 10 heteroatoms. The molecule has 0 bridgehead atoms. The molecule has 202 valence electrons. The monoisotopic (exact) mass is 553 g/mol. The van der Waals surface area contributed by atoms with Crippen molar-refractivity contribution < 1.29 is 9.59 Å². The Balaban J connectivity index is 1.50. The minimum absolute atomic E-state index is 0.299. The third-order valence-corrected chi connectivity index (χ3v) is 6.19. The molecule has 0 saturated carbocycles. The number of nitrogens with one attached hydrogen (secondary N) is 2. The zero-order valence-electron chi connectivity index (χ0n) is 21.4. The van der Waals surface area contributed by atoms with Gasteiger partial charge in [-0.05, 0) is 65.2 Å². The summed E-state index contributed by atoms with van der Waals surface area (Å²) in [7, 11) is 0. The fraction of sp³-hybridized carbons (Fsp3) is 0.0667. The van der Waals surface area contributed by atoms with Gasteiger partial charge in [0.15, 0.2) is 0 Å². The van der Waals surface area contributed by atoms with Crippen molar-refractivity contribution in [2.75, 3.05) is 10.3 Å². The van der Waals surface area contributed by atoms with Crippen LogP contribution in [0.3, 0.4) is 0 Å². The minimum atomic E-state index is -0.839. The molecule has 1 heterocycles. The van der Waals surface area contributed by atoms with Crippen molar-refractivity contribution in [2.24, 2.45) is 16.8 Å². The number of hydrogen-bond donors (Lipinski definition) is 4. The van der Waals surface area contributed by atoms with Crippen molar-refractivity contribution in [3.63, 3.8) is 0 Å². The average Bonchev–Trinajstić information content (AvgIpc) is 2.97. The lowest BCUT2D eigenvalue weighted by atomic mass is 10.0. The number of hydrazine groups is 1. The summed E-state index contributed by atoms with van der Waals surface area (Å²) in [5, 5.41) is 10.8. The molecule has 0 aliphatic rings. The molecule has 9 nitrogen and oxygen atoms in total. The van der Waals surface area contributed by atoms with E-state index in [0.717, 1.165) is 16.7 Å². The minimum Gasteiger partial charge on any atom is -0.340 e. The Hall–Kier alpha value is -4.99. The maximum absolute atomic E-state index is 13.3. The van der Waals surface area contributed by atoms with E-state index in [-0.39, 0.29) is 5.91 Å². The second-order valence-corrected chi connectivity index (χ2v) is 9.20. The van der Waals surface area contributed by atoms with Gasteiger partial charge in [-0.2, -0.15) is 5.10 Å². The number of hydrogen-bond acceptors (Lipinski definition) is 6. The number of amides is 2. The molecule has 6 N–H and O–H groups in total. The van der Waals surface area contributed by atoms with Crippen molar-refractivity contribution >= 4 is 47.2 Å². The van der Waals surface area contributed by atoms with Crippen molar-refractivity contribution in [3.05, 3.63) is 120 Å². The maximum Gasteiger partial charge on any atom is 0.247 e. The fourth-order valence-corrected chi connectivity index (χ4v) is 4.17. The Morgan fingerprint density at radius 1 is 0.975 bits per heavy atom. The standard InChI is InChI=1S/C30H28ClN7O2/c31-25-9-12-28(38(33)20-35-32)24(19-25)8-13-29(39)37-27(18-21-4-2-1-3-5-21)30(40)36-26-10-6-22(7-11-26)23-14-16-34-17-15-23/h1-17,19-20,27H,18,32-33H2,(H,36,40)(H,37,39)/b13-8+,35-20-. The number of anilines is 2. The number of benzene rings is 3. The highest BCUT2D eigenvalue weighted by atomic mass is 35.5. The molecule has 0 saturated heterocycles. The van der Waals surface area contributed by atoms with E-state index in [4.69, 9.17) is 23.3 Å². The first-order chi connectivity index (χ1) is 19.4. The number of carbonyl (C=O) groups is 2. The molecular formula is C30H28ClN7O2. The lowest BCUT2D eigenvalue weighted by Gasteiger charge is -2.18. The highest BCUT2D eigenvalue weighted by Crippen LogP contribution is 2.24. The summed E-state index contributed by atoms with van der Waals surface area (Å²) in [6.07, 6.45) is 7.85. The molecule has 0 radical (unpaired) electrons. The molecule has 0 spiro atoms. The molecule has 4 rings (SSSR count). The van der Waals surface area contributed by atoms with Gasteiger partial charge in [-0.3, -0.25) is 19.6 Å². The summed E-state index contributed by atoms with van der Waals surface area (Å²) in [6, 6.07) is 24.9. The molecule has 2 amide bonds. The number of rotatable bonds is 10. The number of aromatic nitrogens is 1. The normalized spacial score (nSPS) is 11.8. The van der Waals surface area contributed by atoms with Crippen molar-refractivity contribution in [2.45, 2.75) is 12.5 Å². The first kappa shape index (κ1) is 28.0. The molecule has 4 aromatic rings. The van der Waals surface area contributed by atoms with E-state index in [9.17, 15) is 9.59 Å². The Morgan fingerprint density at radius 3 is 2.38 bits per heavy atom. The van der Waals surface area contributed by atoms with E-state index in [1.165, 1.54) is 17.4 Å². The molecule has 0 aliphatic carbocycles. The fourth-order valence-electron chi connectivity index (χ4n) is 3.99. The molecule has 1 unspecified atom stereocenters. The van der Waals surface area contributed by atoms with E-state index in [0.29, 0.717) is 28.4 Å². The summed E-state index contributed by atoms with van der Waals surface area (Å²) in [4.78, 5) is 30.3. The van der Waals surface area contributed by atoms with Crippen LogP contribution in [0, 0.1) is 0 Å². The van der Waals surface area contributed by atoms with Gasteiger partial charge < -0.3 is 16.5 Å². The molecule has 1 aromatic heterocycles. The summed E-state index contributed by atoms with van der Waals surface area (Å²) in [5.41, 5.74) is 4.61. The molecular weight excluding hydrogens is 526 g/mol. The quantitative estimate of drug-likeness (QED) is 0.0756. The second-order valence-electron chi connectivity index (χ2n) is 8.76. The van der Waals surface area contributed by atoms with Crippen LogP contribution in [-0.4, -0.2) is 29.2 Å². The van der Waals surface area contributed by atoms with Crippen LogP contribution in [0.4, 0.5) is 11.4 Å². The Labute approximate surface area is 237 Å². The van der Waals surface area contributed by atoms with E-state index in [1.807, 2.05) is 66.7 Å². The van der Waals surface area contributed by atoms with Crippen LogP contribution in [0.1, 0.15) is 11.1 Å². The third-order valence-electron chi connectivity index (χ3n) is 5.95. The van der Waals surface area contributed by atoms with Crippen molar-refractivity contribution in [1.29, 1.82) is 0 Å². The second kappa shape index (κ2) is 13.7. The third kappa shape index (κ3) is 7.76. The van der Waals surface area contributed by atoms with Gasteiger partial charge in [0.1, 0.15) is 12.4 Å². The molecule has 0 aliphatic heterocycles. The lowest BCUT2D eigenvalue weighted by Crippen LogP contribution is -2.44. The summed E-state index contributed by atoms with van der Waals surface area (Å²) in [5.74, 6) is 10.3. The lowest BCUT2D eigenvalue weighted by molar-refractivity contribution is -0.123. The van der Waals surface area contributed by atoms with Gasteiger partial charge in [-0.1, -0.05) is 54.1 Å². The van der Waals surface area contributed by atoms with Crippen LogP contribution in [-0.2, 0) is 16.0 Å². The van der Waals surface area contributed by atoms with Crippen LogP contribution < -0.4 is 27.3 Å². The van der Waals surface area contributed by atoms with E-state index in [1.54, 1.807) is 36.7 Å². The smallest absolute Gasteiger partial charge is 0.247 e. The van der Waals surface area contributed by atoms with Gasteiger partial charge in [0.25, 0.3) is 0 Å². The predicted octanol–water partition coefficient (Wildman–Crippen LogP) is 4.36. The number of nitrogens with two attached hydrogens (primary N) is 2. The average molecular weight is 554 g/mol. The Morgan fingerprint density at radius 2 is 1.68 bits per heavy atom. The number of carbonyl (C=O) groups excluding carboxylic acids is 2. The molecule has 1 atom stereocenters. The predicted molar refractivity (Wildman–Crippen MR) is 160 cm³/mol. The van der Waals surface area contributed by atoms with E-state index >= 15 is 0 Å². The number of hydrazone groups is 1. The first-order valence-electron chi connectivity index (χ1n) is 12.3. The van der Waals surface area contributed by atoms with Crippen LogP contribution in [0.25, 0.3) is 17.2 Å². The largest absolute Gasteiger partial charge is 0.340 e. The van der Waals surface area contributed by atoms with Gasteiger partial charge in [0, 0.05) is 41.2 Å². The highest BCUT2D eigenvalue weighted by Gasteiger charge is 2.21. The van der Waals surface area contributed by atoms with Gasteiger partial charge in [-0.25, -0.2) is 5.84 Å².